The van der Waals surface area contributed by atoms with Crippen molar-refractivity contribution in [2.75, 3.05) is 5.32 Å². The lowest BCUT2D eigenvalue weighted by molar-refractivity contribution is -0.383. The fourth-order valence-electron chi connectivity index (χ4n) is 3.35. The van der Waals surface area contributed by atoms with Crippen LogP contribution in [0.4, 0.5) is 11.4 Å². The third-order valence-corrected chi connectivity index (χ3v) is 4.81. The molecule has 2 aromatic carbocycles. The van der Waals surface area contributed by atoms with Gasteiger partial charge >= 0.3 is 0 Å². The number of fused-ring (bicyclic) bond motifs is 1. The molecule has 0 unspecified atom stereocenters. The molecular formula is C21H20N6O3. The molecule has 0 atom stereocenters. The summed E-state index contributed by atoms with van der Waals surface area (Å²) in [6.45, 7) is 4.45. The van der Waals surface area contributed by atoms with Crippen molar-refractivity contribution in [2.24, 2.45) is 0 Å². The summed E-state index contributed by atoms with van der Waals surface area (Å²) < 4.78 is 1.81. The van der Waals surface area contributed by atoms with E-state index in [4.69, 9.17) is 5.10 Å². The van der Waals surface area contributed by atoms with Crippen LogP contribution in [0.1, 0.15) is 31.0 Å². The number of nitro benzene ring substituents is 1. The number of aromatic amines is 1. The van der Waals surface area contributed by atoms with Crippen molar-refractivity contribution >= 4 is 22.3 Å². The van der Waals surface area contributed by atoms with Gasteiger partial charge in [0.2, 0.25) is 0 Å². The Kier molecular flexibility index (Phi) is 5.01. The standard InChI is InChI=1S/C21H20N6O3/c1-13(2)20-14(11-26(25-20)15-6-4-3-5-7-15)10-22-18-9-17-16(8-19(18)27(29)30)21(28)24-12-23-17/h3-9,11-13,22H,10H2,1-2H3,(H,23,24,28). The number of rotatable bonds is 6. The van der Waals surface area contributed by atoms with Gasteiger partial charge in [-0.25, -0.2) is 9.67 Å². The van der Waals surface area contributed by atoms with Crippen molar-refractivity contribution in [3.8, 4) is 5.69 Å². The van der Waals surface area contributed by atoms with Crippen LogP contribution in [0.3, 0.4) is 0 Å². The van der Waals surface area contributed by atoms with Gasteiger partial charge in [0, 0.05) is 24.4 Å². The molecule has 0 bridgehead atoms. The first-order valence-corrected chi connectivity index (χ1v) is 9.47. The minimum Gasteiger partial charge on any atom is -0.375 e. The van der Waals surface area contributed by atoms with Crippen LogP contribution < -0.4 is 10.9 Å². The SMILES string of the molecule is CC(C)c1nn(-c2ccccc2)cc1CNc1cc2nc[nH]c(=O)c2cc1[N+](=O)[O-]. The number of hydrogen-bond acceptors (Lipinski definition) is 6. The normalized spacial score (nSPS) is 11.2. The fourth-order valence-corrected chi connectivity index (χ4v) is 3.35. The Morgan fingerprint density at radius 3 is 2.70 bits per heavy atom. The van der Waals surface area contributed by atoms with Crippen LogP contribution in [0.5, 0.6) is 0 Å². The number of aromatic nitrogens is 4. The monoisotopic (exact) mass is 404 g/mol. The molecule has 152 valence electrons. The zero-order valence-electron chi connectivity index (χ0n) is 16.5. The first-order valence-electron chi connectivity index (χ1n) is 9.47. The molecule has 9 heteroatoms. The van der Waals surface area contributed by atoms with Gasteiger partial charge in [-0.15, -0.1) is 0 Å². The fraction of sp³-hybridized carbons (Fsp3) is 0.190. The van der Waals surface area contributed by atoms with Crippen LogP contribution in [0, 0.1) is 10.1 Å². The van der Waals surface area contributed by atoms with E-state index in [9.17, 15) is 14.9 Å². The van der Waals surface area contributed by atoms with Crippen molar-refractivity contribution in [3.05, 3.63) is 86.7 Å². The Labute approximate surface area is 171 Å². The third-order valence-electron chi connectivity index (χ3n) is 4.81. The molecule has 4 rings (SSSR count). The van der Waals surface area contributed by atoms with E-state index in [1.165, 1.54) is 18.5 Å². The highest BCUT2D eigenvalue weighted by molar-refractivity contribution is 5.86. The van der Waals surface area contributed by atoms with Crippen LogP contribution in [-0.4, -0.2) is 24.7 Å². The van der Waals surface area contributed by atoms with Crippen LogP contribution in [0.15, 0.2) is 59.8 Å². The Bertz CT molecular complexity index is 1280. The van der Waals surface area contributed by atoms with Gasteiger partial charge in [0.15, 0.2) is 0 Å². The van der Waals surface area contributed by atoms with E-state index in [0.717, 1.165) is 16.9 Å². The molecule has 2 N–H and O–H groups in total. The molecule has 0 fully saturated rings. The van der Waals surface area contributed by atoms with Crippen molar-refractivity contribution in [2.45, 2.75) is 26.3 Å². The predicted octanol–water partition coefficient (Wildman–Crippen LogP) is 3.75. The first kappa shape index (κ1) is 19.3. The summed E-state index contributed by atoms with van der Waals surface area (Å²) in [4.78, 5) is 29.6. The molecule has 9 nitrogen and oxygen atoms in total. The first-order chi connectivity index (χ1) is 14.4. The van der Waals surface area contributed by atoms with E-state index in [0.29, 0.717) is 17.7 Å². The predicted molar refractivity (Wildman–Crippen MR) is 114 cm³/mol. The molecule has 0 aliphatic heterocycles. The summed E-state index contributed by atoms with van der Waals surface area (Å²) in [5, 5.41) is 19.6. The number of nitro groups is 1. The average molecular weight is 404 g/mol. The van der Waals surface area contributed by atoms with Crippen molar-refractivity contribution in [1.82, 2.24) is 19.7 Å². The molecule has 0 aliphatic carbocycles. The van der Waals surface area contributed by atoms with Crippen LogP contribution in [0.25, 0.3) is 16.6 Å². The van der Waals surface area contributed by atoms with E-state index in [-0.39, 0.29) is 17.0 Å². The zero-order chi connectivity index (χ0) is 21.3. The van der Waals surface area contributed by atoms with Gasteiger partial charge in [-0.2, -0.15) is 5.10 Å². The second-order valence-electron chi connectivity index (χ2n) is 7.20. The molecular weight excluding hydrogens is 384 g/mol. The van der Waals surface area contributed by atoms with Crippen molar-refractivity contribution in [3.63, 3.8) is 0 Å². The molecule has 0 amide bonds. The zero-order valence-corrected chi connectivity index (χ0v) is 16.5. The summed E-state index contributed by atoms with van der Waals surface area (Å²) in [6, 6.07) is 12.5. The lowest BCUT2D eigenvalue weighted by atomic mass is 10.1. The molecule has 2 heterocycles. The third kappa shape index (κ3) is 3.64. The number of hydrogen-bond donors (Lipinski definition) is 2. The molecule has 4 aromatic rings. The summed E-state index contributed by atoms with van der Waals surface area (Å²) in [6.07, 6.45) is 3.20. The van der Waals surface area contributed by atoms with Crippen molar-refractivity contribution < 1.29 is 4.92 Å². The van der Waals surface area contributed by atoms with Gasteiger partial charge in [0.25, 0.3) is 11.2 Å². The smallest absolute Gasteiger partial charge is 0.293 e. The maximum absolute atomic E-state index is 12.0. The van der Waals surface area contributed by atoms with Crippen LogP contribution in [-0.2, 0) is 6.54 Å². The van der Waals surface area contributed by atoms with Gasteiger partial charge in [0.1, 0.15) is 5.69 Å². The number of H-pyrrole nitrogens is 1. The van der Waals surface area contributed by atoms with E-state index in [2.05, 4.69) is 29.1 Å². The van der Waals surface area contributed by atoms with Crippen LogP contribution >= 0.6 is 0 Å². The second-order valence-corrected chi connectivity index (χ2v) is 7.20. The highest BCUT2D eigenvalue weighted by Crippen LogP contribution is 2.29. The van der Waals surface area contributed by atoms with E-state index >= 15 is 0 Å². The van der Waals surface area contributed by atoms with E-state index < -0.39 is 10.5 Å². The largest absolute Gasteiger partial charge is 0.375 e. The summed E-state index contributed by atoms with van der Waals surface area (Å²) in [5.74, 6) is 0.179. The van der Waals surface area contributed by atoms with Gasteiger partial charge in [-0.05, 0) is 24.1 Å². The molecule has 30 heavy (non-hydrogen) atoms. The summed E-state index contributed by atoms with van der Waals surface area (Å²) >= 11 is 0. The topological polar surface area (TPSA) is 119 Å². The number of benzene rings is 2. The van der Waals surface area contributed by atoms with E-state index in [1.807, 2.05) is 41.2 Å². The Hall–Kier alpha value is -4.01. The summed E-state index contributed by atoms with van der Waals surface area (Å²) in [7, 11) is 0. The van der Waals surface area contributed by atoms with Gasteiger partial charge in [-0.1, -0.05) is 32.0 Å². The highest BCUT2D eigenvalue weighted by Gasteiger charge is 2.19. The number of nitrogens with zero attached hydrogens (tertiary/aromatic N) is 4. The summed E-state index contributed by atoms with van der Waals surface area (Å²) in [5.41, 5.74) is 2.87. The molecule has 0 spiro atoms. The minimum absolute atomic E-state index is 0.175. The Balaban J connectivity index is 1.70. The average Bonchev–Trinajstić information content (AvgIpc) is 3.17. The molecule has 2 aromatic heterocycles. The lowest BCUT2D eigenvalue weighted by Gasteiger charge is -2.09. The van der Waals surface area contributed by atoms with Crippen LogP contribution in [0.2, 0.25) is 0 Å². The highest BCUT2D eigenvalue weighted by atomic mass is 16.6. The maximum atomic E-state index is 12.0. The Morgan fingerprint density at radius 2 is 2.00 bits per heavy atom. The number of para-hydroxylation sites is 1. The van der Waals surface area contributed by atoms with Gasteiger partial charge in [0.05, 0.1) is 33.5 Å². The van der Waals surface area contributed by atoms with E-state index in [1.54, 1.807) is 0 Å². The molecule has 0 radical (unpaired) electrons. The number of anilines is 1. The number of nitrogens with one attached hydrogen (secondary N) is 2. The molecule has 0 aliphatic rings. The maximum Gasteiger partial charge on any atom is 0.293 e. The molecule has 0 saturated heterocycles. The second kappa shape index (κ2) is 7.78. The van der Waals surface area contributed by atoms with Gasteiger partial charge < -0.3 is 10.3 Å². The Morgan fingerprint density at radius 1 is 1.23 bits per heavy atom. The quantitative estimate of drug-likeness (QED) is 0.373. The minimum atomic E-state index is -0.509. The lowest BCUT2D eigenvalue weighted by Crippen LogP contribution is -2.09. The van der Waals surface area contributed by atoms with Crippen molar-refractivity contribution in [1.29, 1.82) is 0 Å². The van der Waals surface area contributed by atoms with Gasteiger partial charge in [-0.3, -0.25) is 14.9 Å². The molecule has 0 saturated carbocycles.